The molecular formula is C65H76ClN15O15. The summed E-state index contributed by atoms with van der Waals surface area (Å²) >= 11 is 6.66. The van der Waals surface area contributed by atoms with E-state index >= 15 is 0 Å². The van der Waals surface area contributed by atoms with Gasteiger partial charge < -0.3 is 87.7 Å². The summed E-state index contributed by atoms with van der Waals surface area (Å²) in [6.07, 6.45) is 1.79. The Morgan fingerprint density at radius 3 is 2.18 bits per heavy atom. The molecule has 3 unspecified atom stereocenters. The lowest BCUT2D eigenvalue weighted by atomic mass is 9.92. The van der Waals surface area contributed by atoms with Crippen LogP contribution in [-0.2, 0) is 40.0 Å². The second-order valence-electron chi connectivity index (χ2n) is 22.9. The van der Waals surface area contributed by atoms with Crippen molar-refractivity contribution in [2.75, 3.05) is 99.8 Å². The summed E-state index contributed by atoms with van der Waals surface area (Å²) in [4.78, 5) is 155. The fraction of sp³-hybridized carbons (Fsp3) is 0.354. The number of fused-ring (bicyclic) bond motifs is 4. The number of nitrogens with two attached hydrogens (primary N) is 3. The van der Waals surface area contributed by atoms with E-state index in [2.05, 4.69) is 41.9 Å². The number of primary amides is 2. The largest absolute Gasteiger partial charge is 0.447 e. The maximum absolute atomic E-state index is 14.6. The van der Waals surface area contributed by atoms with E-state index in [1.807, 2.05) is 19.1 Å². The van der Waals surface area contributed by atoms with Crippen LogP contribution in [0.4, 0.5) is 46.7 Å². The van der Waals surface area contributed by atoms with Crippen molar-refractivity contribution in [2.45, 2.75) is 64.6 Å². The molecule has 0 fully saturated rings. The van der Waals surface area contributed by atoms with E-state index in [1.54, 1.807) is 91.5 Å². The summed E-state index contributed by atoms with van der Waals surface area (Å²) < 4.78 is 22.4. The van der Waals surface area contributed by atoms with E-state index in [9.17, 15) is 52.7 Å². The smallest absolute Gasteiger partial charge is 0.415 e. The number of alkyl halides is 1. The average molecular weight is 1340 g/mol. The van der Waals surface area contributed by atoms with Gasteiger partial charge in [-0.05, 0) is 103 Å². The van der Waals surface area contributed by atoms with Crippen molar-refractivity contribution in [1.29, 1.82) is 0 Å². The van der Waals surface area contributed by atoms with Crippen LogP contribution in [0.1, 0.15) is 76.6 Å². The third kappa shape index (κ3) is 18.9. The number of pyridine rings is 1. The van der Waals surface area contributed by atoms with E-state index in [4.69, 9.17) is 47.7 Å². The number of nitrogens with zero attached hydrogens (tertiary/aromatic N) is 5. The van der Waals surface area contributed by atoms with Crippen LogP contribution in [0.15, 0.2) is 103 Å². The second-order valence-corrected chi connectivity index (χ2v) is 23.2. The first-order valence-corrected chi connectivity index (χ1v) is 31.3. The number of hydrogen-bond donors (Lipinski definition) is 10. The maximum Gasteiger partial charge on any atom is 0.415 e. The molecule has 0 bridgehead atoms. The van der Waals surface area contributed by atoms with Gasteiger partial charge in [-0.2, -0.15) is 0 Å². The van der Waals surface area contributed by atoms with Crippen LogP contribution in [0, 0.1) is 12.8 Å². The zero-order valence-electron chi connectivity index (χ0n) is 53.2. The number of likely N-dealkylation sites (N-methyl/N-ethyl adjacent to an activating group) is 1. The number of urea groups is 2. The Morgan fingerprint density at radius 2 is 1.49 bits per heavy atom. The average Bonchev–Trinajstić information content (AvgIpc) is 1.54. The number of alkyl carbamates (subject to hydrolysis) is 1. The number of carbonyl (C=O) groups is 11. The van der Waals surface area contributed by atoms with Crippen LogP contribution < -0.4 is 58.7 Å². The number of hydrogen-bond acceptors (Lipinski definition) is 17. The zero-order chi connectivity index (χ0) is 69.2. The molecule has 30 nitrogen and oxygen atoms in total. The van der Waals surface area contributed by atoms with Crippen molar-refractivity contribution in [3.05, 3.63) is 131 Å². The molecule has 96 heavy (non-hydrogen) atoms. The lowest BCUT2D eigenvalue weighted by Gasteiger charge is -2.26. The first-order valence-electron chi connectivity index (χ1n) is 30.7. The molecule has 0 saturated heterocycles. The Labute approximate surface area is 556 Å². The highest BCUT2D eigenvalue weighted by Crippen LogP contribution is 2.47. The third-order valence-electron chi connectivity index (χ3n) is 15.6. The quantitative estimate of drug-likeness (QED) is 0.0115. The number of nitrogens with one attached hydrogen (secondary N) is 7. The Kier molecular flexibility index (Phi) is 24.5. The number of aryl methyl sites for hydroxylation is 1. The molecule has 31 heteroatoms. The van der Waals surface area contributed by atoms with Gasteiger partial charge in [0.2, 0.25) is 11.8 Å². The molecule has 0 saturated carbocycles. The highest BCUT2D eigenvalue weighted by molar-refractivity contribution is 6.20. The van der Waals surface area contributed by atoms with Gasteiger partial charge in [-0.1, -0.05) is 44.2 Å². The molecule has 2 aliphatic heterocycles. The maximum atomic E-state index is 14.6. The first-order chi connectivity index (χ1) is 46.0. The molecule has 4 aromatic carbocycles. The monoisotopic (exact) mass is 1340 g/mol. The fourth-order valence-corrected chi connectivity index (χ4v) is 10.8. The van der Waals surface area contributed by atoms with Crippen molar-refractivity contribution in [1.82, 2.24) is 45.9 Å². The number of H-pyrrole nitrogens is 1. The van der Waals surface area contributed by atoms with Gasteiger partial charge in [0.15, 0.2) is 0 Å². The molecule has 0 spiro atoms. The number of carbonyl (C=O) groups excluding carboxylic acids is 11. The lowest BCUT2D eigenvalue weighted by Crippen LogP contribution is -2.54. The molecule has 3 atom stereocenters. The number of nitrogen functional groups attached to an aromatic ring is 1. The number of rotatable bonds is 30. The minimum atomic E-state index is -1.17. The summed E-state index contributed by atoms with van der Waals surface area (Å²) in [6.45, 7) is 5.13. The van der Waals surface area contributed by atoms with Crippen LogP contribution in [0.2, 0.25) is 0 Å². The van der Waals surface area contributed by atoms with Gasteiger partial charge in [-0.3, -0.25) is 33.7 Å². The van der Waals surface area contributed by atoms with Crippen LogP contribution in [0.25, 0.3) is 21.8 Å². The predicted molar refractivity (Wildman–Crippen MR) is 355 cm³/mol. The molecule has 13 N–H and O–H groups in total. The van der Waals surface area contributed by atoms with Crippen molar-refractivity contribution >= 4 is 122 Å². The minimum Gasteiger partial charge on any atom is -0.447 e. The summed E-state index contributed by atoms with van der Waals surface area (Å²) in [6, 6.07) is 19.4. The fourth-order valence-electron chi connectivity index (χ4n) is 10.6. The normalized spacial score (nSPS) is 13.8. The van der Waals surface area contributed by atoms with Gasteiger partial charge in [0.1, 0.15) is 42.4 Å². The SMILES string of the molecule is Cc1cccc2c(OC(=O)N(CCCNC(N)=O)CCN(C)C(=O)OCc3ccc(NC(=O)C(CCCNC(N)=O)NC(=O)C(NC(=O)OCCOCCN4C(=O)C=CC4=O)C(C)C)cc3)cc3c(c12)C(CCl)CN3C(=O)c1cc2cc(NC(=O)c3ccc(N)cc3)cnc2[nH]1. The van der Waals surface area contributed by atoms with Crippen molar-refractivity contribution in [2.24, 2.45) is 17.4 Å². The Bertz CT molecular complexity index is 3900. The summed E-state index contributed by atoms with van der Waals surface area (Å²) in [5.74, 6) is -3.53. The molecule has 8 rings (SSSR count). The van der Waals surface area contributed by atoms with Crippen molar-refractivity contribution < 1.29 is 71.7 Å². The number of aromatic amines is 1. The van der Waals surface area contributed by atoms with Gasteiger partial charge in [-0.15, -0.1) is 11.6 Å². The number of anilines is 4. The zero-order valence-corrected chi connectivity index (χ0v) is 54.0. The van der Waals surface area contributed by atoms with Gasteiger partial charge in [0.05, 0.1) is 37.3 Å². The molecule has 6 aromatic rings. The number of halogens is 1. The number of ether oxygens (including phenoxy) is 4. The van der Waals surface area contributed by atoms with E-state index in [1.165, 1.54) is 23.0 Å². The van der Waals surface area contributed by atoms with Crippen LogP contribution >= 0.6 is 11.6 Å². The standard InChI is InChI=1S/C65H76ClN15O15/c1-37(2)55(77-63(90)94-29-28-93-27-26-80-51(82)19-20-52(80)83)59(86)76-47(10-6-21-70-61(68)88)58(85)73-44-17-11-39(12-18-44)36-95-64(91)78(4)24-25-79(23-7-22-71-62(69)89)65(92)96-50-32-49-54(53-38(3)8-5-9-46(50)53)42(33-66)35-81(49)60(87)48-31-41-30-45(34-72-56(41)75-48)74-57(84)40-13-15-43(67)16-14-40/h5,8-9,11-20,30-32,34,37,42,47,55H,6-7,10,21-29,33,35-36,67H2,1-4H3,(H,72,75)(H,73,85)(H,74,84)(H,76,86)(H,77,90)(H3,68,70,88)(H3,69,71,89). The van der Waals surface area contributed by atoms with Gasteiger partial charge in [0.25, 0.3) is 23.6 Å². The van der Waals surface area contributed by atoms with Crippen LogP contribution in [-0.4, -0.2) is 181 Å². The van der Waals surface area contributed by atoms with E-state index in [-0.39, 0.29) is 121 Å². The third-order valence-corrected chi connectivity index (χ3v) is 16.0. The number of aromatic nitrogens is 2. The first kappa shape index (κ1) is 70.9. The van der Waals surface area contributed by atoms with Crippen molar-refractivity contribution in [3.8, 4) is 5.75 Å². The second kappa shape index (κ2) is 33.2. The predicted octanol–water partition coefficient (Wildman–Crippen LogP) is 5.53. The Hall–Kier alpha value is -11.0. The Morgan fingerprint density at radius 1 is 0.781 bits per heavy atom. The Balaban J connectivity index is 0.875. The van der Waals surface area contributed by atoms with Gasteiger partial charge in [0, 0.05) is 104 Å². The molecule has 4 heterocycles. The highest BCUT2D eigenvalue weighted by atomic mass is 35.5. The van der Waals surface area contributed by atoms with Crippen molar-refractivity contribution in [3.63, 3.8) is 0 Å². The number of amides is 13. The van der Waals surface area contributed by atoms with E-state index < -0.39 is 77.9 Å². The molecule has 508 valence electrons. The molecular weight excluding hydrogens is 1270 g/mol. The minimum absolute atomic E-state index is 0.00637. The molecule has 2 aliphatic rings. The summed E-state index contributed by atoms with van der Waals surface area (Å²) in [7, 11) is 1.48. The lowest BCUT2D eigenvalue weighted by molar-refractivity contribution is -0.137. The summed E-state index contributed by atoms with van der Waals surface area (Å²) in [5, 5.41) is 17.6. The summed E-state index contributed by atoms with van der Waals surface area (Å²) in [5.41, 5.74) is 21.2. The number of imide groups is 1. The van der Waals surface area contributed by atoms with E-state index in [0.29, 0.717) is 50.3 Å². The topological polar surface area (TPSA) is 417 Å². The highest BCUT2D eigenvalue weighted by Gasteiger charge is 2.37. The van der Waals surface area contributed by atoms with Crippen LogP contribution in [0.5, 0.6) is 5.75 Å². The molecule has 2 aromatic heterocycles. The molecule has 0 radical (unpaired) electrons. The molecule has 0 aliphatic carbocycles. The van der Waals surface area contributed by atoms with Gasteiger partial charge in [-0.25, -0.2) is 29.0 Å². The van der Waals surface area contributed by atoms with Gasteiger partial charge >= 0.3 is 30.3 Å². The van der Waals surface area contributed by atoms with Crippen LogP contribution in [0.3, 0.4) is 0 Å². The van der Waals surface area contributed by atoms with E-state index in [0.717, 1.165) is 33.6 Å². The molecule has 13 amide bonds. The number of benzene rings is 4.